The van der Waals surface area contributed by atoms with Gasteiger partial charge in [-0.15, -0.1) is 0 Å². The fraction of sp³-hybridized carbons (Fsp3) is 0.588. The zero-order chi connectivity index (χ0) is 17.3. The van der Waals surface area contributed by atoms with Crippen LogP contribution in [0.15, 0.2) is 21.3 Å². The summed E-state index contributed by atoms with van der Waals surface area (Å²) in [5.41, 5.74) is 0.937. The number of aromatic nitrogens is 2. The molecular weight excluding hydrogens is 342 g/mol. The summed E-state index contributed by atoms with van der Waals surface area (Å²) in [5.74, 6) is 1.03. The van der Waals surface area contributed by atoms with Crippen molar-refractivity contribution in [3.63, 3.8) is 0 Å². The van der Waals surface area contributed by atoms with Gasteiger partial charge in [-0.3, -0.25) is 4.79 Å². The fourth-order valence-electron chi connectivity index (χ4n) is 2.57. The van der Waals surface area contributed by atoms with E-state index in [1.165, 1.54) is 0 Å². The molecule has 1 unspecified atom stereocenters. The third kappa shape index (κ3) is 5.91. The van der Waals surface area contributed by atoms with Crippen LogP contribution in [0.25, 0.3) is 11.4 Å². The molecule has 1 amide bonds. The number of aryl methyl sites for hydroxylation is 1. The summed E-state index contributed by atoms with van der Waals surface area (Å²) < 4.78 is 16.2. The van der Waals surface area contributed by atoms with Crippen LogP contribution in [0.5, 0.6) is 0 Å². The first kappa shape index (κ1) is 18.0. The lowest BCUT2D eigenvalue weighted by Crippen LogP contribution is -2.26. The molecule has 0 bridgehead atoms. The van der Waals surface area contributed by atoms with E-state index in [0.717, 1.165) is 31.4 Å². The highest BCUT2D eigenvalue weighted by molar-refractivity contribution is 7.08. The summed E-state index contributed by atoms with van der Waals surface area (Å²) in [6.07, 6.45) is 4.03. The van der Waals surface area contributed by atoms with Crippen molar-refractivity contribution in [3.8, 4) is 11.4 Å². The molecule has 1 aliphatic heterocycles. The number of thiophene rings is 1. The smallest absolute Gasteiger partial charge is 0.227 e. The van der Waals surface area contributed by atoms with Crippen molar-refractivity contribution >= 4 is 17.2 Å². The maximum Gasteiger partial charge on any atom is 0.227 e. The standard InChI is InChI=1S/C17H23N3O4S/c21-15(18-7-2-8-22-11-14-3-1-9-23-14)4-5-16-19-17(20-24-16)13-6-10-25-12-13/h6,10,12,14H,1-5,7-9,11H2,(H,18,21). The minimum Gasteiger partial charge on any atom is -0.379 e. The predicted octanol–water partition coefficient (Wildman–Crippen LogP) is 2.43. The Hall–Kier alpha value is -1.77. The van der Waals surface area contributed by atoms with E-state index in [9.17, 15) is 4.79 Å². The lowest BCUT2D eigenvalue weighted by atomic mass is 10.2. The number of amides is 1. The third-order valence-electron chi connectivity index (χ3n) is 3.93. The molecule has 1 fully saturated rings. The molecule has 1 N–H and O–H groups in total. The molecule has 136 valence electrons. The van der Waals surface area contributed by atoms with Crippen molar-refractivity contribution in [2.45, 2.75) is 38.2 Å². The molecule has 3 heterocycles. The second-order valence-corrected chi connectivity index (χ2v) is 6.72. The molecule has 0 aliphatic carbocycles. The Morgan fingerprint density at radius 3 is 3.24 bits per heavy atom. The summed E-state index contributed by atoms with van der Waals surface area (Å²) in [6.45, 7) is 2.73. The zero-order valence-electron chi connectivity index (χ0n) is 14.1. The molecule has 7 nitrogen and oxygen atoms in total. The van der Waals surface area contributed by atoms with Crippen LogP contribution < -0.4 is 5.32 Å². The molecule has 2 aromatic heterocycles. The SMILES string of the molecule is O=C(CCc1nc(-c2ccsc2)no1)NCCCOCC1CCCO1. The van der Waals surface area contributed by atoms with Crippen LogP contribution in [0.3, 0.4) is 0 Å². The summed E-state index contributed by atoms with van der Waals surface area (Å²) in [7, 11) is 0. The van der Waals surface area contributed by atoms with Gasteiger partial charge in [0, 0.05) is 43.5 Å². The van der Waals surface area contributed by atoms with Crippen LogP contribution in [0.4, 0.5) is 0 Å². The number of nitrogens with zero attached hydrogens (tertiary/aromatic N) is 2. The van der Waals surface area contributed by atoms with Gasteiger partial charge in [-0.2, -0.15) is 16.3 Å². The van der Waals surface area contributed by atoms with Gasteiger partial charge in [0.25, 0.3) is 0 Å². The monoisotopic (exact) mass is 365 g/mol. The van der Waals surface area contributed by atoms with E-state index in [4.69, 9.17) is 14.0 Å². The van der Waals surface area contributed by atoms with E-state index >= 15 is 0 Å². The van der Waals surface area contributed by atoms with Gasteiger partial charge < -0.3 is 19.3 Å². The number of nitrogens with one attached hydrogen (secondary N) is 1. The molecule has 0 radical (unpaired) electrons. The van der Waals surface area contributed by atoms with Crippen molar-refractivity contribution in [3.05, 3.63) is 22.7 Å². The summed E-state index contributed by atoms with van der Waals surface area (Å²) in [4.78, 5) is 16.1. The number of rotatable bonds is 10. The van der Waals surface area contributed by atoms with Crippen molar-refractivity contribution < 1.29 is 18.8 Å². The van der Waals surface area contributed by atoms with Crippen LogP contribution in [-0.4, -0.2) is 48.5 Å². The molecule has 8 heteroatoms. The van der Waals surface area contributed by atoms with Gasteiger partial charge in [0.15, 0.2) is 0 Å². The van der Waals surface area contributed by atoms with Crippen LogP contribution in [-0.2, 0) is 20.7 Å². The van der Waals surface area contributed by atoms with E-state index < -0.39 is 0 Å². The van der Waals surface area contributed by atoms with Crippen molar-refractivity contribution in [2.75, 3.05) is 26.4 Å². The molecule has 1 saturated heterocycles. The lowest BCUT2D eigenvalue weighted by molar-refractivity contribution is -0.121. The topological polar surface area (TPSA) is 86.5 Å². The molecule has 0 saturated carbocycles. The highest BCUT2D eigenvalue weighted by Gasteiger charge is 2.15. The predicted molar refractivity (Wildman–Crippen MR) is 93.4 cm³/mol. The second-order valence-electron chi connectivity index (χ2n) is 5.94. The van der Waals surface area contributed by atoms with E-state index in [-0.39, 0.29) is 12.0 Å². The van der Waals surface area contributed by atoms with Crippen molar-refractivity contribution in [2.24, 2.45) is 0 Å². The van der Waals surface area contributed by atoms with Crippen LogP contribution in [0.2, 0.25) is 0 Å². The first-order valence-corrected chi connectivity index (χ1v) is 9.57. The Balaban J connectivity index is 1.24. The van der Waals surface area contributed by atoms with Gasteiger partial charge in [0.1, 0.15) is 0 Å². The highest BCUT2D eigenvalue weighted by Crippen LogP contribution is 2.18. The third-order valence-corrected chi connectivity index (χ3v) is 4.61. The molecular formula is C17H23N3O4S. The number of carbonyl (C=O) groups is 1. The average Bonchev–Trinajstić information content (AvgIpc) is 3.38. The summed E-state index contributed by atoms with van der Waals surface area (Å²) in [5, 5.41) is 10.7. The molecule has 25 heavy (non-hydrogen) atoms. The maximum atomic E-state index is 11.8. The largest absolute Gasteiger partial charge is 0.379 e. The fourth-order valence-corrected chi connectivity index (χ4v) is 3.20. The summed E-state index contributed by atoms with van der Waals surface area (Å²) in [6, 6.07) is 1.94. The molecule has 1 aliphatic rings. The van der Waals surface area contributed by atoms with Crippen LogP contribution >= 0.6 is 11.3 Å². The zero-order valence-corrected chi connectivity index (χ0v) is 14.9. The van der Waals surface area contributed by atoms with Crippen LogP contribution in [0, 0.1) is 0 Å². The Morgan fingerprint density at radius 2 is 2.44 bits per heavy atom. The Bertz CT molecular complexity index is 638. The van der Waals surface area contributed by atoms with Gasteiger partial charge >= 0.3 is 0 Å². The lowest BCUT2D eigenvalue weighted by Gasteiger charge is -2.10. The minimum absolute atomic E-state index is 0.0191. The normalized spacial score (nSPS) is 17.0. The van der Waals surface area contributed by atoms with Gasteiger partial charge in [-0.25, -0.2) is 0 Å². The van der Waals surface area contributed by atoms with Gasteiger partial charge in [-0.05, 0) is 30.7 Å². The number of hydrogen-bond acceptors (Lipinski definition) is 7. The van der Waals surface area contributed by atoms with Gasteiger partial charge in [-0.1, -0.05) is 5.16 Å². The van der Waals surface area contributed by atoms with Gasteiger partial charge in [0.2, 0.25) is 17.6 Å². The average molecular weight is 365 g/mol. The summed E-state index contributed by atoms with van der Waals surface area (Å²) >= 11 is 1.58. The molecule has 2 aromatic rings. The second kappa shape index (κ2) is 9.65. The molecule has 1 atom stereocenters. The number of carbonyl (C=O) groups excluding carboxylic acids is 1. The number of ether oxygens (including phenoxy) is 2. The van der Waals surface area contributed by atoms with Crippen molar-refractivity contribution in [1.82, 2.24) is 15.5 Å². The quantitative estimate of drug-likeness (QED) is 0.651. The van der Waals surface area contributed by atoms with Crippen LogP contribution in [0.1, 0.15) is 31.6 Å². The Kier molecular flexibility index (Phi) is 6.96. The Labute approximate surface area is 150 Å². The molecule has 0 spiro atoms. The first-order chi connectivity index (χ1) is 12.3. The first-order valence-electron chi connectivity index (χ1n) is 8.62. The Morgan fingerprint density at radius 1 is 1.48 bits per heavy atom. The van der Waals surface area contributed by atoms with E-state index in [2.05, 4.69) is 15.5 Å². The van der Waals surface area contributed by atoms with Gasteiger partial charge in [0.05, 0.1) is 12.7 Å². The van der Waals surface area contributed by atoms with E-state index in [0.29, 0.717) is 44.3 Å². The van der Waals surface area contributed by atoms with E-state index in [1.54, 1.807) is 11.3 Å². The van der Waals surface area contributed by atoms with Crippen molar-refractivity contribution in [1.29, 1.82) is 0 Å². The van der Waals surface area contributed by atoms with E-state index in [1.807, 2.05) is 16.8 Å². The maximum absolute atomic E-state index is 11.8. The highest BCUT2D eigenvalue weighted by atomic mass is 32.1. The minimum atomic E-state index is -0.0191. The molecule has 0 aromatic carbocycles. The number of hydrogen-bond donors (Lipinski definition) is 1. The molecule has 3 rings (SSSR count).